The molecule has 1 unspecified atom stereocenters. The fraction of sp³-hybridized carbons (Fsp3) is 0.316. The van der Waals surface area contributed by atoms with Crippen LogP contribution in [0.15, 0.2) is 48.5 Å². The zero-order valence-electron chi connectivity index (χ0n) is 13.2. The summed E-state index contributed by atoms with van der Waals surface area (Å²) in [5, 5.41) is 2.92. The van der Waals surface area contributed by atoms with Crippen LogP contribution in [0.2, 0.25) is 0 Å². The summed E-state index contributed by atoms with van der Waals surface area (Å²) in [6, 6.07) is 15.7. The molecule has 0 aromatic heterocycles. The van der Waals surface area contributed by atoms with Crippen LogP contribution < -0.4 is 14.8 Å². The second-order valence-electron chi connectivity index (χ2n) is 5.78. The highest BCUT2D eigenvalue weighted by Gasteiger charge is 2.25. The lowest BCUT2D eigenvalue weighted by atomic mass is 9.96. The number of hydrogen-bond donors (Lipinski definition) is 1. The summed E-state index contributed by atoms with van der Waals surface area (Å²) >= 11 is 0. The Balaban J connectivity index is 1.43. The molecular weight excluding hydrogens is 290 g/mol. The van der Waals surface area contributed by atoms with Gasteiger partial charge >= 0.3 is 0 Å². The number of rotatable bonds is 5. The van der Waals surface area contributed by atoms with Crippen LogP contribution >= 0.6 is 0 Å². The van der Waals surface area contributed by atoms with Crippen molar-refractivity contribution in [2.75, 3.05) is 19.8 Å². The molecule has 2 aromatic rings. The van der Waals surface area contributed by atoms with Crippen LogP contribution in [0, 0.1) is 12.8 Å². The van der Waals surface area contributed by atoms with E-state index in [9.17, 15) is 4.79 Å². The van der Waals surface area contributed by atoms with Gasteiger partial charge in [-0.1, -0.05) is 30.3 Å². The van der Waals surface area contributed by atoms with Gasteiger partial charge in [0, 0.05) is 0 Å². The first-order valence-electron chi connectivity index (χ1n) is 7.90. The minimum Gasteiger partial charge on any atom is -0.492 e. The highest BCUT2D eigenvalue weighted by Crippen LogP contribution is 2.26. The summed E-state index contributed by atoms with van der Waals surface area (Å²) in [5.41, 5.74) is 2.25. The van der Waals surface area contributed by atoms with Crippen molar-refractivity contribution < 1.29 is 14.3 Å². The van der Waals surface area contributed by atoms with E-state index in [1.165, 1.54) is 0 Å². The van der Waals surface area contributed by atoms with Crippen LogP contribution in [0.5, 0.6) is 11.5 Å². The van der Waals surface area contributed by atoms with Crippen LogP contribution in [-0.2, 0) is 11.2 Å². The molecular formula is C19H21NO3. The Morgan fingerprint density at radius 3 is 3.00 bits per heavy atom. The Kier molecular flexibility index (Phi) is 4.81. The summed E-state index contributed by atoms with van der Waals surface area (Å²) in [6.45, 7) is 3.40. The molecule has 0 saturated heterocycles. The predicted octanol–water partition coefficient (Wildman–Crippen LogP) is 2.74. The van der Waals surface area contributed by atoms with Crippen molar-refractivity contribution in [3.05, 3.63) is 59.7 Å². The fourth-order valence-electron chi connectivity index (χ4n) is 2.69. The first-order chi connectivity index (χ1) is 11.2. The molecule has 0 bridgehead atoms. The maximum atomic E-state index is 12.2. The number of nitrogens with one attached hydrogen (secondary N) is 1. The number of hydrogen-bond acceptors (Lipinski definition) is 3. The van der Waals surface area contributed by atoms with Gasteiger partial charge in [0.2, 0.25) is 5.91 Å². The number of ether oxygens (including phenoxy) is 2. The van der Waals surface area contributed by atoms with E-state index in [0.717, 1.165) is 29.0 Å². The van der Waals surface area contributed by atoms with Crippen molar-refractivity contribution in [1.82, 2.24) is 5.32 Å². The lowest BCUT2D eigenvalue weighted by Crippen LogP contribution is -2.39. The highest BCUT2D eigenvalue weighted by atomic mass is 16.5. The summed E-state index contributed by atoms with van der Waals surface area (Å²) in [4.78, 5) is 12.2. The fourth-order valence-corrected chi connectivity index (χ4v) is 2.69. The van der Waals surface area contributed by atoms with Gasteiger partial charge in [0.1, 0.15) is 24.7 Å². The molecule has 2 aromatic carbocycles. The first kappa shape index (κ1) is 15.4. The average molecular weight is 311 g/mol. The lowest BCUT2D eigenvalue weighted by molar-refractivity contribution is -0.126. The lowest BCUT2D eigenvalue weighted by Gasteiger charge is -2.24. The SMILES string of the molecule is Cc1cccc(OCCNC(=O)C2COc3ccccc3C2)c1. The predicted molar refractivity (Wildman–Crippen MR) is 88.8 cm³/mol. The van der Waals surface area contributed by atoms with Crippen molar-refractivity contribution in [3.63, 3.8) is 0 Å². The monoisotopic (exact) mass is 311 g/mol. The Morgan fingerprint density at radius 1 is 1.26 bits per heavy atom. The number of fused-ring (bicyclic) bond motifs is 1. The van der Waals surface area contributed by atoms with Gasteiger partial charge in [-0.15, -0.1) is 0 Å². The molecule has 1 aliphatic rings. The van der Waals surface area contributed by atoms with Crippen LogP contribution in [0.1, 0.15) is 11.1 Å². The highest BCUT2D eigenvalue weighted by molar-refractivity contribution is 5.79. The van der Waals surface area contributed by atoms with Crippen LogP contribution in [0.4, 0.5) is 0 Å². The van der Waals surface area contributed by atoms with E-state index in [4.69, 9.17) is 9.47 Å². The quantitative estimate of drug-likeness (QED) is 0.864. The molecule has 1 heterocycles. The van der Waals surface area contributed by atoms with Crippen LogP contribution in [-0.4, -0.2) is 25.7 Å². The van der Waals surface area contributed by atoms with Gasteiger partial charge in [-0.2, -0.15) is 0 Å². The van der Waals surface area contributed by atoms with Crippen molar-refractivity contribution in [3.8, 4) is 11.5 Å². The van der Waals surface area contributed by atoms with Crippen molar-refractivity contribution >= 4 is 5.91 Å². The number of para-hydroxylation sites is 1. The molecule has 4 heteroatoms. The molecule has 0 spiro atoms. The molecule has 3 rings (SSSR count). The van der Waals surface area contributed by atoms with Crippen molar-refractivity contribution in [1.29, 1.82) is 0 Å². The largest absolute Gasteiger partial charge is 0.492 e. The summed E-state index contributed by atoms with van der Waals surface area (Å²) < 4.78 is 11.3. The van der Waals surface area contributed by atoms with E-state index in [1.54, 1.807) is 0 Å². The number of amides is 1. The van der Waals surface area contributed by atoms with E-state index in [0.29, 0.717) is 19.8 Å². The van der Waals surface area contributed by atoms with E-state index in [2.05, 4.69) is 5.32 Å². The maximum Gasteiger partial charge on any atom is 0.227 e. The van der Waals surface area contributed by atoms with Gasteiger partial charge in [0.25, 0.3) is 0 Å². The molecule has 1 atom stereocenters. The molecule has 0 saturated carbocycles. The Morgan fingerprint density at radius 2 is 2.13 bits per heavy atom. The zero-order chi connectivity index (χ0) is 16.1. The molecule has 1 N–H and O–H groups in total. The molecule has 23 heavy (non-hydrogen) atoms. The number of carbonyl (C=O) groups excluding carboxylic acids is 1. The van der Waals surface area contributed by atoms with E-state index in [-0.39, 0.29) is 11.8 Å². The van der Waals surface area contributed by atoms with Gasteiger partial charge in [0.15, 0.2) is 0 Å². The summed E-state index contributed by atoms with van der Waals surface area (Å²) in [5.74, 6) is 1.60. The van der Waals surface area contributed by atoms with E-state index in [1.807, 2.05) is 55.5 Å². The smallest absolute Gasteiger partial charge is 0.227 e. The van der Waals surface area contributed by atoms with Gasteiger partial charge < -0.3 is 14.8 Å². The molecule has 4 nitrogen and oxygen atoms in total. The maximum absolute atomic E-state index is 12.2. The van der Waals surface area contributed by atoms with Crippen LogP contribution in [0.25, 0.3) is 0 Å². The standard InChI is InChI=1S/C19H21NO3/c1-14-5-4-7-17(11-14)22-10-9-20-19(21)16-12-15-6-2-3-8-18(15)23-13-16/h2-8,11,16H,9-10,12-13H2,1H3,(H,20,21). The Hall–Kier alpha value is -2.49. The molecule has 120 valence electrons. The minimum absolute atomic E-state index is 0.0207. The number of aryl methyl sites for hydroxylation is 1. The van der Waals surface area contributed by atoms with Gasteiger partial charge in [-0.3, -0.25) is 4.79 Å². The normalized spacial score (nSPS) is 16.1. The third-order valence-corrected chi connectivity index (χ3v) is 3.91. The topological polar surface area (TPSA) is 47.6 Å². The van der Waals surface area contributed by atoms with Gasteiger partial charge in [-0.25, -0.2) is 0 Å². The van der Waals surface area contributed by atoms with Gasteiger partial charge in [-0.05, 0) is 42.7 Å². The second kappa shape index (κ2) is 7.18. The molecule has 0 aliphatic carbocycles. The van der Waals surface area contributed by atoms with Crippen molar-refractivity contribution in [2.45, 2.75) is 13.3 Å². The zero-order valence-corrected chi connectivity index (χ0v) is 13.2. The summed E-state index contributed by atoms with van der Waals surface area (Å²) in [7, 11) is 0. The number of carbonyl (C=O) groups is 1. The van der Waals surface area contributed by atoms with Crippen molar-refractivity contribution in [2.24, 2.45) is 5.92 Å². The Labute approximate surface area is 136 Å². The average Bonchev–Trinajstić information content (AvgIpc) is 2.58. The molecule has 0 fully saturated rings. The molecule has 1 aliphatic heterocycles. The first-order valence-corrected chi connectivity index (χ1v) is 7.90. The third-order valence-electron chi connectivity index (χ3n) is 3.91. The van der Waals surface area contributed by atoms with Gasteiger partial charge in [0.05, 0.1) is 12.5 Å². The van der Waals surface area contributed by atoms with Crippen LogP contribution in [0.3, 0.4) is 0 Å². The Bertz CT molecular complexity index is 684. The second-order valence-corrected chi connectivity index (χ2v) is 5.78. The molecule has 0 radical (unpaired) electrons. The third kappa shape index (κ3) is 4.03. The summed E-state index contributed by atoms with van der Waals surface area (Å²) in [6.07, 6.45) is 0.723. The number of benzene rings is 2. The minimum atomic E-state index is -0.135. The van der Waals surface area contributed by atoms with E-state index < -0.39 is 0 Å². The molecule has 1 amide bonds. The van der Waals surface area contributed by atoms with E-state index >= 15 is 0 Å².